The number of methoxy groups -OCH3 is 1. The van der Waals surface area contributed by atoms with Crippen molar-refractivity contribution in [3.05, 3.63) is 23.8 Å². The van der Waals surface area contributed by atoms with Gasteiger partial charge >= 0.3 is 0 Å². The van der Waals surface area contributed by atoms with Gasteiger partial charge in [-0.3, -0.25) is 4.94 Å². The highest BCUT2D eigenvalue weighted by Crippen LogP contribution is 2.30. The van der Waals surface area contributed by atoms with Crippen LogP contribution in [0.2, 0.25) is 0 Å². The first kappa shape index (κ1) is 7.85. The summed E-state index contributed by atoms with van der Waals surface area (Å²) in [5, 5.41) is 0. The standard InChI is InChI=1S/C8H9FO2/c1-6-4-3-5-7(10-2)8(6)11-9/h3-5H,1-2H3. The fourth-order valence-electron chi connectivity index (χ4n) is 0.885. The highest BCUT2D eigenvalue weighted by atomic mass is 19.3. The number of hydrogen-bond acceptors (Lipinski definition) is 2. The van der Waals surface area contributed by atoms with Crippen molar-refractivity contribution in [3.8, 4) is 11.5 Å². The van der Waals surface area contributed by atoms with Crippen LogP contribution in [0, 0.1) is 6.92 Å². The van der Waals surface area contributed by atoms with Crippen LogP contribution in [0.5, 0.6) is 11.5 Å². The van der Waals surface area contributed by atoms with Crippen LogP contribution in [0.4, 0.5) is 4.53 Å². The third-order valence-corrected chi connectivity index (χ3v) is 1.47. The second-order valence-electron chi connectivity index (χ2n) is 2.18. The van der Waals surface area contributed by atoms with Gasteiger partial charge in [0, 0.05) is 4.53 Å². The lowest BCUT2D eigenvalue weighted by Crippen LogP contribution is -1.89. The summed E-state index contributed by atoms with van der Waals surface area (Å²) in [4.78, 5) is 3.64. The molecule has 0 aliphatic rings. The van der Waals surface area contributed by atoms with E-state index in [1.54, 1.807) is 25.1 Å². The molecule has 2 nitrogen and oxygen atoms in total. The number of halogens is 1. The van der Waals surface area contributed by atoms with Gasteiger partial charge in [0.2, 0.25) is 5.75 Å². The van der Waals surface area contributed by atoms with E-state index in [1.165, 1.54) is 7.11 Å². The maximum Gasteiger partial charge on any atom is 0.216 e. The van der Waals surface area contributed by atoms with Gasteiger partial charge in [0.25, 0.3) is 0 Å². The fraction of sp³-hybridized carbons (Fsp3) is 0.250. The number of ether oxygens (including phenoxy) is 1. The molecule has 0 radical (unpaired) electrons. The summed E-state index contributed by atoms with van der Waals surface area (Å²) in [7, 11) is 1.47. The van der Waals surface area contributed by atoms with Gasteiger partial charge in [0.05, 0.1) is 7.11 Å². The molecule has 0 bridgehead atoms. The summed E-state index contributed by atoms with van der Waals surface area (Å²) in [6.45, 7) is 1.75. The summed E-state index contributed by atoms with van der Waals surface area (Å²) < 4.78 is 16.7. The van der Waals surface area contributed by atoms with Crippen LogP contribution < -0.4 is 9.68 Å². The lowest BCUT2D eigenvalue weighted by atomic mass is 10.2. The minimum Gasteiger partial charge on any atom is -0.493 e. The summed E-state index contributed by atoms with van der Waals surface area (Å²) in [6.07, 6.45) is 0. The molecule has 0 aliphatic carbocycles. The predicted molar refractivity (Wildman–Crippen MR) is 39.5 cm³/mol. The largest absolute Gasteiger partial charge is 0.493 e. The van der Waals surface area contributed by atoms with E-state index in [2.05, 4.69) is 4.94 Å². The van der Waals surface area contributed by atoms with E-state index in [4.69, 9.17) is 4.74 Å². The molecule has 0 saturated heterocycles. The molecule has 60 valence electrons. The zero-order valence-corrected chi connectivity index (χ0v) is 6.43. The second-order valence-corrected chi connectivity index (χ2v) is 2.18. The van der Waals surface area contributed by atoms with Crippen molar-refractivity contribution in [2.45, 2.75) is 6.92 Å². The van der Waals surface area contributed by atoms with Gasteiger partial charge < -0.3 is 4.74 Å². The van der Waals surface area contributed by atoms with Crippen LogP contribution in [-0.4, -0.2) is 7.11 Å². The SMILES string of the molecule is COc1cccc(C)c1OF. The first-order valence-corrected chi connectivity index (χ1v) is 3.21. The monoisotopic (exact) mass is 156 g/mol. The van der Waals surface area contributed by atoms with Crippen LogP contribution in [0.3, 0.4) is 0 Å². The van der Waals surface area contributed by atoms with Gasteiger partial charge in [-0.05, 0) is 18.6 Å². The third-order valence-electron chi connectivity index (χ3n) is 1.47. The van der Waals surface area contributed by atoms with E-state index in [0.717, 1.165) is 0 Å². The van der Waals surface area contributed by atoms with Gasteiger partial charge in [-0.1, -0.05) is 12.1 Å². The van der Waals surface area contributed by atoms with Gasteiger partial charge in [-0.2, -0.15) is 0 Å². The smallest absolute Gasteiger partial charge is 0.216 e. The van der Waals surface area contributed by atoms with Crippen LogP contribution >= 0.6 is 0 Å². The Labute approximate surface area is 64.5 Å². The van der Waals surface area contributed by atoms with E-state index in [-0.39, 0.29) is 5.75 Å². The Hall–Kier alpha value is -1.25. The first-order chi connectivity index (χ1) is 5.29. The molecule has 0 fully saturated rings. The Morgan fingerprint density at radius 2 is 2.09 bits per heavy atom. The predicted octanol–water partition coefficient (Wildman–Crippen LogP) is 2.27. The van der Waals surface area contributed by atoms with Crippen LogP contribution in [0.1, 0.15) is 5.56 Å². The zero-order valence-electron chi connectivity index (χ0n) is 6.43. The molecular formula is C8H9FO2. The van der Waals surface area contributed by atoms with Crippen molar-refractivity contribution in [2.75, 3.05) is 7.11 Å². The maximum atomic E-state index is 11.9. The number of rotatable bonds is 2. The van der Waals surface area contributed by atoms with Crippen molar-refractivity contribution in [1.29, 1.82) is 0 Å². The Morgan fingerprint density at radius 1 is 1.36 bits per heavy atom. The number of hydrogen-bond donors (Lipinski definition) is 0. The average Bonchev–Trinajstić information content (AvgIpc) is 2.04. The van der Waals surface area contributed by atoms with Gasteiger partial charge in [-0.15, -0.1) is 0 Å². The highest BCUT2D eigenvalue weighted by molar-refractivity contribution is 5.45. The lowest BCUT2D eigenvalue weighted by Gasteiger charge is -2.04. The molecule has 0 heterocycles. The minimum absolute atomic E-state index is 0.148. The average molecular weight is 156 g/mol. The van der Waals surface area contributed by atoms with Crippen molar-refractivity contribution >= 4 is 0 Å². The molecule has 0 aromatic heterocycles. The Balaban J connectivity index is 3.13. The van der Waals surface area contributed by atoms with E-state index < -0.39 is 0 Å². The normalized spacial score (nSPS) is 9.36. The van der Waals surface area contributed by atoms with Gasteiger partial charge in [-0.25, -0.2) is 0 Å². The molecular weight excluding hydrogens is 147 g/mol. The van der Waals surface area contributed by atoms with Crippen molar-refractivity contribution in [3.63, 3.8) is 0 Å². The summed E-state index contributed by atoms with van der Waals surface area (Å²) in [6, 6.07) is 5.16. The molecule has 0 saturated carbocycles. The lowest BCUT2D eigenvalue weighted by molar-refractivity contribution is -0.00978. The molecule has 3 heteroatoms. The molecule has 0 atom stereocenters. The van der Waals surface area contributed by atoms with Crippen LogP contribution in [0.25, 0.3) is 0 Å². The molecule has 0 amide bonds. The molecule has 1 rings (SSSR count). The Bertz CT molecular complexity index is 248. The quantitative estimate of drug-likeness (QED) is 0.653. The van der Waals surface area contributed by atoms with Crippen molar-refractivity contribution in [2.24, 2.45) is 0 Å². The Kier molecular flexibility index (Phi) is 2.31. The van der Waals surface area contributed by atoms with E-state index in [9.17, 15) is 4.53 Å². The topological polar surface area (TPSA) is 18.5 Å². The van der Waals surface area contributed by atoms with Gasteiger partial charge in [0.15, 0.2) is 5.75 Å². The van der Waals surface area contributed by atoms with Gasteiger partial charge in [0.1, 0.15) is 0 Å². The minimum atomic E-state index is 0.148. The van der Waals surface area contributed by atoms with Crippen LogP contribution in [-0.2, 0) is 0 Å². The number of benzene rings is 1. The molecule has 1 aromatic carbocycles. The fourth-order valence-corrected chi connectivity index (χ4v) is 0.885. The molecule has 0 spiro atoms. The maximum absolute atomic E-state index is 11.9. The summed E-state index contributed by atoms with van der Waals surface area (Å²) in [5.41, 5.74) is 0.715. The molecule has 0 aliphatic heterocycles. The van der Waals surface area contributed by atoms with E-state index in [1.807, 2.05) is 0 Å². The second kappa shape index (κ2) is 3.23. The van der Waals surface area contributed by atoms with Crippen LogP contribution in [0.15, 0.2) is 18.2 Å². The summed E-state index contributed by atoms with van der Waals surface area (Å²) in [5.74, 6) is 0.558. The summed E-state index contributed by atoms with van der Waals surface area (Å²) >= 11 is 0. The van der Waals surface area contributed by atoms with Crippen molar-refractivity contribution < 1.29 is 14.2 Å². The molecule has 11 heavy (non-hydrogen) atoms. The number of aryl methyl sites for hydroxylation is 1. The first-order valence-electron chi connectivity index (χ1n) is 3.21. The highest BCUT2D eigenvalue weighted by Gasteiger charge is 2.06. The third kappa shape index (κ3) is 1.42. The molecule has 0 N–H and O–H groups in total. The van der Waals surface area contributed by atoms with E-state index in [0.29, 0.717) is 11.3 Å². The zero-order chi connectivity index (χ0) is 8.27. The van der Waals surface area contributed by atoms with Crippen molar-refractivity contribution in [1.82, 2.24) is 0 Å². The number of para-hydroxylation sites is 1. The van der Waals surface area contributed by atoms with E-state index >= 15 is 0 Å². The molecule has 0 unspecified atom stereocenters. The molecule has 1 aromatic rings. The Morgan fingerprint density at radius 3 is 2.55 bits per heavy atom.